The van der Waals surface area contributed by atoms with Gasteiger partial charge in [0.25, 0.3) is 0 Å². The first kappa shape index (κ1) is 18.2. The lowest BCUT2D eigenvalue weighted by Gasteiger charge is -2.18. The summed E-state index contributed by atoms with van der Waals surface area (Å²) in [5, 5.41) is 2.65. The van der Waals surface area contributed by atoms with Gasteiger partial charge in [-0.2, -0.15) is 0 Å². The third-order valence-electron chi connectivity index (χ3n) is 3.86. The van der Waals surface area contributed by atoms with Gasteiger partial charge in [0, 0.05) is 19.6 Å². The van der Waals surface area contributed by atoms with Crippen LogP contribution in [0.4, 0.5) is 4.39 Å². The number of likely N-dealkylation sites (tertiary alicyclic amines) is 1. The van der Waals surface area contributed by atoms with Crippen molar-refractivity contribution in [2.24, 2.45) is 0 Å². The molecule has 1 fully saturated rings. The predicted molar refractivity (Wildman–Crippen MR) is 88.2 cm³/mol. The summed E-state index contributed by atoms with van der Waals surface area (Å²) >= 11 is 0. The van der Waals surface area contributed by atoms with Crippen LogP contribution in [0.1, 0.15) is 12.8 Å². The lowest BCUT2D eigenvalue weighted by Crippen LogP contribution is -2.42. The Hall–Kier alpha value is -2.15. The van der Waals surface area contributed by atoms with Gasteiger partial charge in [-0.15, -0.1) is 0 Å². The summed E-state index contributed by atoms with van der Waals surface area (Å²) in [5.41, 5.74) is 0. The first-order valence-corrected chi connectivity index (χ1v) is 8.16. The summed E-state index contributed by atoms with van der Waals surface area (Å²) in [4.78, 5) is 27.3. The van der Waals surface area contributed by atoms with Gasteiger partial charge in [-0.3, -0.25) is 14.5 Å². The van der Waals surface area contributed by atoms with E-state index in [1.165, 1.54) is 12.1 Å². The molecule has 1 aromatic carbocycles. The number of halogens is 1. The van der Waals surface area contributed by atoms with Crippen molar-refractivity contribution in [2.75, 3.05) is 46.4 Å². The topological polar surface area (TPSA) is 61.9 Å². The Bertz CT molecular complexity index is 545. The van der Waals surface area contributed by atoms with E-state index >= 15 is 0 Å². The van der Waals surface area contributed by atoms with Crippen molar-refractivity contribution < 1.29 is 18.7 Å². The number of benzene rings is 1. The van der Waals surface area contributed by atoms with Crippen molar-refractivity contribution in [3.05, 3.63) is 30.1 Å². The van der Waals surface area contributed by atoms with E-state index in [1.807, 2.05) is 0 Å². The zero-order chi connectivity index (χ0) is 17.4. The fourth-order valence-corrected chi connectivity index (χ4v) is 2.48. The van der Waals surface area contributed by atoms with Crippen molar-refractivity contribution in [3.63, 3.8) is 0 Å². The third kappa shape index (κ3) is 6.16. The second-order valence-electron chi connectivity index (χ2n) is 5.90. The van der Waals surface area contributed by atoms with Crippen LogP contribution in [0.25, 0.3) is 0 Å². The fraction of sp³-hybridized carbons (Fsp3) is 0.529. The van der Waals surface area contributed by atoms with E-state index in [2.05, 4.69) is 5.32 Å². The van der Waals surface area contributed by atoms with E-state index in [4.69, 9.17) is 4.74 Å². The standard InChI is InChI=1S/C17H24FN3O3/c1-20(10-11-24-15-6-4-14(18)5-7-15)13-16(22)19-12-17(23)21-8-2-3-9-21/h4-7H,2-3,8-13H2,1H3,(H,19,22). The third-order valence-corrected chi connectivity index (χ3v) is 3.86. The fourth-order valence-electron chi connectivity index (χ4n) is 2.48. The van der Waals surface area contributed by atoms with E-state index in [0.29, 0.717) is 18.9 Å². The molecule has 1 aromatic rings. The molecule has 2 rings (SSSR count). The summed E-state index contributed by atoms with van der Waals surface area (Å²) in [7, 11) is 1.80. The monoisotopic (exact) mass is 337 g/mol. The minimum Gasteiger partial charge on any atom is -0.492 e. The molecular formula is C17H24FN3O3. The van der Waals surface area contributed by atoms with Gasteiger partial charge < -0.3 is 15.0 Å². The normalized spacial score (nSPS) is 14.0. The molecule has 1 N–H and O–H groups in total. The van der Waals surface area contributed by atoms with E-state index < -0.39 is 0 Å². The maximum Gasteiger partial charge on any atom is 0.241 e. The molecule has 0 aromatic heterocycles. The molecule has 2 amide bonds. The highest BCUT2D eigenvalue weighted by Gasteiger charge is 2.18. The molecule has 1 aliphatic rings. The molecule has 1 heterocycles. The van der Waals surface area contributed by atoms with Crippen LogP contribution in [0.15, 0.2) is 24.3 Å². The zero-order valence-electron chi connectivity index (χ0n) is 14.0. The van der Waals surface area contributed by atoms with Crippen molar-refractivity contribution in [1.29, 1.82) is 0 Å². The van der Waals surface area contributed by atoms with Crippen LogP contribution in [0.2, 0.25) is 0 Å². The highest BCUT2D eigenvalue weighted by Crippen LogP contribution is 2.10. The number of rotatable bonds is 8. The first-order valence-electron chi connectivity index (χ1n) is 8.16. The van der Waals surface area contributed by atoms with Crippen LogP contribution < -0.4 is 10.1 Å². The number of likely N-dealkylation sites (N-methyl/N-ethyl adjacent to an activating group) is 1. The number of hydrogen-bond donors (Lipinski definition) is 1. The van der Waals surface area contributed by atoms with Crippen LogP contribution in [0.3, 0.4) is 0 Å². The van der Waals surface area contributed by atoms with E-state index in [1.54, 1.807) is 29.0 Å². The summed E-state index contributed by atoms with van der Waals surface area (Å²) in [6, 6.07) is 5.80. The number of hydrogen-bond acceptors (Lipinski definition) is 4. The van der Waals surface area contributed by atoms with Crippen molar-refractivity contribution >= 4 is 11.8 Å². The lowest BCUT2D eigenvalue weighted by atomic mass is 10.3. The average molecular weight is 337 g/mol. The van der Waals surface area contributed by atoms with Crippen molar-refractivity contribution in [3.8, 4) is 5.75 Å². The van der Waals surface area contributed by atoms with Crippen LogP contribution in [0, 0.1) is 5.82 Å². The molecule has 7 heteroatoms. The number of amides is 2. The smallest absolute Gasteiger partial charge is 0.241 e. The molecule has 0 aliphatic carbocycles. The van der Waals surface area contributed by atoms with Gasteiger partial charge in [-0.25, -0.2) is 4.39 Å². The summed E-state index contributed by atoms with van der Waals surface area (Å²) in [6.45, 7) is 2.76. The molecule has 0 unspecified atom stereocenters. The highest BCUT2D eigenvalue weighted by atomic mass is 19.1. The van der Waals surface area contributed by atoms with E-state index in [-0.39, 0.29) is 30.7 Å². The second-order valence-corrected chi connectivity index (χ2v) is 5.90. The zero-order valence-corrected chi connectivity index (χ0v) is 14.0. The second kappa shape index (κ2) is 9.22. The van der Waals surface area contributed by atoms with Crippen molar-refractivity contribution in [1.82, 2.24) is 15.1 Å². The van der Waals surface area contributed by atoms with Gasteiger partial charge >= 0.3 is 0 Å². The quantitative estimate of drug-likeness (QED) is 0.765. The molecule has 1 aliphatic heterocycles. The Morgan fingerprint density at radius 3 is 2.58 bits per heavy atom. The van der Waals surface area contributed by atoms with Crippen LogP contribution in [-0.4, -0.2) is 68.0 Å². The molecule has 0 radical (unpaired) electrons. The minimum absolute atomic E-state index is 0.0249. The Balaban J connectivity index is 1.59. The van der Waals surface area contributed by atoms with Gasteiger partial charge in [-0.05, 0) is 44.2 Å². The van der Waals surface area contributed by atoms with E-state index in [9.17, 15) is 14.0 Å². The molecule has 0 saturated carbocycles. The summed E-state index contributed by atoms with van der Waals surface area (Å²) < 4.78 is 18.3. The van der Waals surface area contributed by atoms with Gasteiger partial charge in [0.15, 0.2) is 0 Å². The Morgan fingerprint density at radius 2 is 1.92 bits per heavy atom. The molecule has 24 heavy (non-hydrogen) atoms. The summed E-state index contributed by atoms with van der Waals surface area (Å²) in [5.74, 6) is 0.0695. The number of ether oxygens (including phenoxy) is 1. The number of nitrogens with zero attached hydrogens (tertiary/aromatic N) is 2. The van der Waals surface area contributed by atoms with Crippen LogP contribution in [-0.2, 0) is 9.59 Å². The SMILES string of the molecule is CN(CCOc1ccc(F)cc1)CC(=O)NCC(=O)N1CCCC1. The van der Waals surface area contributed by atoms with Gasteiger partial charge in [0.2, 0.25) is 11.8 Å². The van der Waals surface area contributed by atoms with E-state index in [0.717, 1.165) is 25.9 Å². The predicted octanol–water partition coefficient (Wildman–Crippen LogP) is 0.875. The summed E-state index contributed by atoms with van der Waals surface area (Å²) in [6.07, 6.45) is 2.08. The Labute approximate surface area is 141 Å². The largest absolute Gasteiger partial charge is 0.492 e. The molecular weight excluding hydrogens is 313 g/mol. The number of carbonyl (C=O) groups excluding carboxylic acids is 2. The minimum atomic E-state index is -0.306. The average Bonchev–Trinajstić information content (AvgIpc) is 3.09. The lowest BCUT2D eigenvalue weighted by molar-refractivity contribution is -0.132. The first-order chi connectivity index (χ1) is 11.5. The molecule has 0 spiro atoms. The van der Waals surface area contributed by atoms with Gasteiger partial charge in [0.05, 0.1) is 13.1 Å². The number of carbonyl (C=O) groups is 2. The Morgan fingerprint density at radius 1 is 1.25 bits per heavy atom. The van der Waals surface area contributed by atoms with Gasteiger partial charge in [-0.1, -0.05) is 0 Å². The molecule has 1 saturated heterocycles. The maximum absolute atomic E-state index is 12.8. The Kier molecular flexibility index (Phi) is 6.99. The highest BCUT2D eigenvalue weighted by molar-refractivity contribution is 5.85. The maximum atomic E-state index is 12.8. The number of nitrogens with one attached hydrogen (secondary N) is 1. The molecule has 132 valence electrons. The van der Waals surface area contributed by atoms with Crippen LogP contribution in [0.5, 0.6) is 5.75 Å². The van der Waals surface area contributed by atoms with Crippen molar-refractivity contribution in [2.45, 2.75) is 12.8 Å². The van der Waals surface area contributed by atoms with Gasteiger partial charge in [0.1, 0.15) is 18.2 Å². The van der Waals surface area contributed by atoms with Crippen LogP contribution >= 0.6 is 0 Å². The molecule has 0 atom stereocenters. The molecule has 0 bridgehead atoms. The molecule has 6 nitrogen and oxygen atoms in total.